The van der Waals surface area contributed by atoms with Crippen LogP contribution in [-0.4, -0.2) is 61.0 Å². The van der Waals surface area contributed by atoms with Crippen molar-refractivity contribution in [3.63, 3.8) is 0 Å². The van der Waals surface area contributed by atoms with Crippen LogP contribution in [0.1, 0.15) is 32.6 Å². The minimum absolute atomic E-state index is 0.00920. The first kappa shape index (κ1) is 15.5. The zero-order chi connectivity index (χ0) is 14.6. The van der Waals surface area contributed by atoms with Crippen LogP contribution >= 0.6 is 0 Å². The molecule has 6 heteroatoms. The van der Waals surface area contributed by atoms with Gasteiger partial charge in [-0.2, -0.15) is 0 Å². The number of ether oxygens (including phenoxy) is 2. The molecule has 2 rings (SSSR count). The van der Waals surface area contributed by atoms with Crippen molar-refractivity contribution in [1.82, 2.24) is 4.90 Å². The molecule has 0 bridgehead atoms. The van der Waals surface area contributed by atoms with Gasteiger partial charge >= 0.3 is 0 Å². The Morgan fingerprint density at radius 1 is 1.45 bits per heavy atom. The van der Waals surface area contributed by atoms with E-state index >= 15 is 0 Å². The van der Waals surface area contributed by atoms with Crippen LogP contribution in [0, 0.1) is 5.92 Å². The maximum atomic E-state index is 8.74. The Morgan fingerprint density at radius 3 is 2.80 bits per heavy atom. The third-order valence-corrected chi connectivity index (χ3v) is 4.68. The molecule has 0 amide bonds. The van der Waals surface area contributed by atoms with Crippen LogP contribution in [0.4, 0.5) is 0 Å². The van der Waals surface area contributed by atoms with Crippen LogP contribution in [0.2, 0.25) is 0 Å². The molecule has 0 aromatic heterocycles. The number of amidine groups is 1. The van der Waals surface area contributed by atoms with E-state index in [0.29, 0.717) is 11.9 Å². The quantitative estimate of drug-likeness (QED) is 0.349. The highest BCUT2D eigenvalue weighted by molar-refractivity contribution is 5.82. The molecule has 1 spiro atoms. The Bertz CT molecular complexity index is 337. The average Bonchev–Trinajstić information content (AvgIpc) is 2.47. The fourth-order valence-corrected chi connectivity index (χ4v) is 3.24. The highest BCUT2D eigenvalue weighted by atomic mass is 16.5. The van der Waals surface area contributed by atoms with Crippen LogP contribution in [0.3, 0.4) is 0 Å². The van der Waals surface area contributed by atoms with E-state index in [1.165, 1.54) is 0 Å². The smallest absolute Gasteiger partial charge is 0.143 e. The molecule has 116 valence electrons. The Morgan fingerprint density at radius 2 is 2.15 bits per heavy atom. The molecule has 2 aliphatic rings. The minimum Gasteiger partial charge on any atom is -0.409 e. The maximum absolute atomic E-state index is 8.74. The number of rotatable bonds is 4. The summed E-state index contributed by atoms with van der Waals surface area (Å²) in [6.45, 7) is 5.20. The number of oxime groups is 1. The molecule has 2 aliphatic heterocycles. The normalized spacial score (nSPS) is 28.8. The lowest BCUT2D eigenvalue weighted by Gasteiger charge is -2.46. The van der Waals surface area contributed by atoms with Crippen LogP contribution in [0.25, 0.3) is 0 Å². The van der Waals surface area contributed by atoms with Crippen molar-refractivity contribution in [3.05, 3.63) is 0 Å². The Labute approximate surface area is 120 Å². The van der Waals surface area contributed by atoms with Crippen molar-refractivity contribution in [1.29, 1.82) is 0 Å². The highest BCUT2D eigenvalue weighted by Crippen LogP contribution is 2.35. The van der Waals surface area contributed by atoms with Gasteiger partial charge in [0.2, 0.25) is 0 Å². The van der Waals surface area contributed by atoms with Gasteiger partial charge in [0.1, 0.15) is 5.84 Å². The van der Waals surface area contributed by atoms with E-state index in [1.807, 2.05) is 6.92 Å². The van der Waals surface area contributed by atoms with Crippen LogP contribution < -0.4 is 5.73 Å². The summed E-state index contributed by atoms with van der Waals surface area (Å²) in [5.74, 6) is 0.350. The van der Waals surface area contributed by atoms with Gasteiger partial charge < -0.3 is 25.3 Å². The predicted octanol–water partition coefficient (Wildman–Crippen LogP) is 1.03. The molecule has 0 aromatic carbocycles. The number of hydrogen-bond donors (Lipinski definition) is 2. The summed E-state index contributed by atoms with van der Waals surface area (Å²) >= 11 is 0. The van der Waals surface area contributed by atoms with Crippen molar-refractivity contribution in [2.45, 2.75) is 44.2 Å². The van der Waals surface area contributed by atoms with E-state index in [1.54, 1.807) is 0 Å². The van der Waals surface area contributed by atoms with E-state index in [-0.39, 0.29) is 11.5 Å². The fourth-order valence-electron chi connectivity index (χ4n) is 3.24. The summed E-state index contributed by atoms with van der Waals surface area (Å²) in [6, 6.07) is 0.496. The van der Waals surface area contributed by atoms with Crippen LogP contribution in [0.15, 0.2) is 5.16 Å². The predicted molar refractivity (Wildman–Crippen MR) is 77.0 cm³/mol. The van der Waals surface area contributed by atoms with E-state index < -0.39 is 0 Å². The molecule has 2 heterocycles. The first-order valence-electron chi connectivity index (χ1n) is 7.46. The molecule has 20 heavy (non-hydrogen) atoms. The van der Waals surface area contributed by atoms with E-state index in [4.69, 9.17) is 20.4 Å². The van der Waals surface area contributed by atoms with Gasteiger partial charge in [-0.1, -0.05) is 12.1 Å². The van der Waals surface area contributed by atoms with Gasteiger partial charge in [0, 0.05) is 38.3 Å². The Balaban J connectivity index is 1.91. The molecule has 2 unspecified atom stereocenters. The van der Waals surface area contributed by atoms with Crippen molar-refractivity contribution >= 4 is 5.84 Å². The second-order valence-corrected chi connectivity index (χ2v) is 6.16. The Kier molecular flexibility index (Phi) is 5.23. The van der Waals surface area contributed by atoms with Crippen molar-refractivity contribution in [3.8, 4) is 0 Å². The molecule has 0 radical (unpaired) electrons. The summed E-state index contributed by atoms with van der Waals surface area (Å²) in [4.78, 5) is 2.32. The second kappa shape index (κ2) is 6.74. The number of nitrogens with two attached hydrogens (primary N) is 1. The van der Waals surface area contributed by atoms with Gasteiger partial charge in [0.25, 0.3) is 0 Å². The van der Waals surface area contributed by atoms with E-state index in [9.17, 15) is 0 Å². The van der Waals surface area contributed by atoms with Gasteiger partial charge in [0.05, 0.1) is 5.60 Å². The molecule has 2 atom stereocenters. The van der Waals surface area contributed by atoms with Gasteiger partial charge in [0.15, 0.2) is 0 Å². The van der Waals surface area contributed by atoms with Crippen molar-refractivity contribution < 1.29 is 14.7 Å². The lowest BCUT2D eigenvalue weighted by atomic mass is 9.83. The average molecular weight is 285 g/mol. The Hall–Kier alpha value is -0.850. The largest absolute Gasteiger partial charge is 0.409 e. The monoisotopic (exact) mass is 285 g/mol. The molecular formula is C14H27N3O3. The summed E-state index contributed by atoms with van der Waals surface area (Å²) in [7, 11) is 2.12. The molecular weight excluding hydrogens is 258 g/mol. The number of hydrogen-bond acceptors (Lipinski definition) is 5. The molecule has 3 N–H and O–H groups in total. The van der Waals surface area contributed by atoms with Gasteiger partial charge in [-0.25, -0.2) is 0 Å². The molecule has 0 aliphatic carbocycles. The third-order valence-electron chi connectivity index (χ3n) is 4.68. The summed E-state index contributed by atoms with van der Waals surface area (Å²) < 4.78 is 11.5. The third kappa shape index (κ3) is 3.62. The summed E-state index contributed by atoms with van der Waals surface area (Å²) in [5.41, 5.74) is 5.67. The summed E-state index contributed by atoms with van der Waals surface area (Å²) in [5, 5.41) is 11.8. The lowest BCUT2D eigenvalue weighted by molar-refractivity contribution is -0.150. The SMILES string of the molecule is CC(CN(C)C1CCOC2(CCOCC2)C1)C(N)=NO. The van der Waals surface area contributed by atoms with Crippen LogP contribution in [0.5, 0.6) is 0 Å². The molecule has 0 saturated carbocycles. The first-order valence-corrected chi connectivity index (χ1v) is 7.46. The highest BCUT2D eigenvalue weighted by Gasteiger charge is 2.40. The van der Waals surface area contributed by atoms with E-state index in [2.05, 4.69) is 17.1 Å². The van der Waals surface area contributed by atoms with Gasteiger partial charge in [-0.05, 0) is 32.7 Å². The molecule has 2 fully saturated rings. The second-order valence-electron chi connectivity index (χ2n) is 6.16. The topological polar surface area (TPSA) is 80.3 Å². The molecule has 6 nitrogen and oxygen atoms in total. The van der Waals surface area contributed by atoms with Crippen molar-refractivity contribution in [2.75, 3.05) is 33.4 Å². The molecule has 2 saturated heterocycles. The van der Waals surface area contributed by atoms with Crippen LogP contribution in [-0.2, 0) is 9.47 Å². The van der Waals surface area contributed by atoms with Crippen molar-refractivity contribution in [2.24, 2.45) is 16.8 Å². The minimum atomic E-state index is 0.00920. The van der Waals surface area contributed by atoms with E-state index in [0.717, 1.165) is 52.0 Å². The zero-order valence-corrected chi connectivity index (χ0v) is 12.5. The molecule has 0 aromatic rings. The first-order chi connectivity index (χ1) is 9.56. The summed E-state index contributed by atoms with van der Waals surface area (Å²) in [6.07, 6.45) is 4.08. The zero-order valence-electron chi connectivity index (χ0n) is 12.5. The van der Waals surface area contributed by atoms with Gasteiger partial charge in [-0.3, -0.25) is 0 Å². The number of nitrogens with zero attached hydrogens (tertiary/aromatic N) is 2. The lowest BCUT2D eigenvalue weighted by Crippen LogP contribution is -2.51. The maximum Gasteiger partial charge on any atom is 0.143 e. The van der Waals surface area contributed by atoms with Gasteiger partial charge in [-0.15, -0.1) is 0 Å². The fraction of sp³-hybridized carbons (Fsp3) is 0.929. The standard InChI is InChI=1S/C14H27N3O3/c1-11(13(15)16-18)10-17(2)12-3-6-20-14(9-12)4-7-19-8-5-14/h11-12,18H,3-10H2,1-2H3,(H2,15,16).